The van der Waals surface area contributed by atoms with Gasteiger partial charge in [-0.05, 0) is 25.1 Å². The predicted molar refractivity (Wildman–Crippen MR) is 74.8 cm³/mol. The fourth-order valence-electron chi connectivity index (χ4n) is 2.29. The summed E-state index contributed by atoms with van der Waals surface area (Å²) < 4.78 is 5.36. The summed E-state index contributed by atoms with van der Waals surface area (Å²) in [5, 5.41) is 0. The Labute approximate surface area is 110 Å². The summed E-state index contributed by atoms with van der Waals surface area (Å²) in [6, 6.07) is 8.64. The molecule has 1 aromatic rings. The van der Waals surface area contributed by atoms with Crippen molar-refractivity contribution in [3.8, 4) is 0 Å². The molecule has 0 saturated carbocycles. The summed E-state index contributed by atoms with van der Waals surface area (Å²) in [6.07, 6.45) is 0. The first-order chi connectivity index (χ1) is 8.75. The summed E-state index contributed by atoms with van der Waals surface area (Å²) in [4.78, 5) is 4.88. The molecule has 18 heavy (non-hydrogen) atoms. The molecule has 0 atom stereocenters. The van der Waals surface area contributed by atoms with Crippen molar-refractivity contribution in [1.29, 1.82) is 0 Å². The molecule has 1 aliphatic heterocycles. The van der Waals surface area contributed by atoms with Crippen LogP contribution in [0.2, 0.25) is 0 Å². The predicted octanol–water partition coefficient (Wildman–Crippen LogP) is 1.76. The van der Waals surface area contributed by atoms with E-state index in [1.807, 2.05) is 0 Å². The van der Waals surface area contributed by atoms with E-state index in [1.54, 1.807) is 0 Å². The van der Waals surface area contributed by atoms with Crippen molar-refractivity contribution < 1.29 is 4.74 Å². The Bertz CT molecular complexity index is 361. The zero-order valence-electron chi connectivity index (χ0n) is 11.6. The normalized spacial score (nSPS) is 17.3. The Morgan fingerprint density at radius 2 is 1.94 bits per heavy atom. The van der Waals surface area contributed by atoms with Gasteiger partial charge >= 0.3 is 0 Å². The molecule has 1 saturated heterocycles. The smallest absolute Gasteiger partial charge is 0.0594 e. The molecule has 1 heterocycles. The Morgan fingerprint density at radius 1 is 1.22 bits per heavy atom. The molecule has 0 spiro atoms. The highest BCUT2D eigenvalue weighted by Gasteiger charge is 2.11. The summed E-state index contributed by atoms with van der Waals surface area (Å²) in [5.74, 6) is 0. The quantitative estimate of drug-likeness (QED) is 0.789. The third-order valence-corrected chi connectivity index (χ3v) is 3.60. The first kappa shape index (κ1) is 13.5. The zero-order valence-corrected chi connectivity index (χ0v) is 11.6. The number of likely N-dealkylation sites (N-methyl/N-ethyl adjacent to an activating group) is 1. The summed E-state index contributed by atoms with van der Waals surface area (Å²) in [6.45, 7) is 9.43. The molecule has 3 nitrogen and oxygen atoms in total. The maximum atomic E-state index is 5.36. The van der Waals surface area contributed by atoms with Gasteiger partial charge in [0.2, 0.25) is 0 Å². The van der Waals surface area contributed by atoms with Gasteiger partial charge in [-0.25, -0.2) is 0 Å². The minimum Gasteiger partial charge on any atom is -0.379 e. The number of nitrogens with zero attached hydrogens (tertiary/aromatic N) is 2. The number of aryl methyl sites for hydroxylation is 1. The van der Waals surface area contributed by atoms with E-state index in [0.717, 1.165) is 45.9 Å². The highest BCUT2D eigenvalue weighted by Crippen LogP contribution is 2.09. The average Bonchev–Trinajstić information content (AvgIpc) is 2.40. The van der Waals surface area contributed by atoms with Crippen LogP contribution in [-0.4, -0.2) is 56.2 Å². The zero-order chi connectivity index (χ0) is 12.8. The van der Waals surface area contributed by atoms with Crippen LogP contribution in [0.4, 0.5) is 0 Å². The van der Waals surface area contributed by atoms with Crippen LogP contribution >= 0.6 is 0 Å². The Morgan fingerprint density at radius 3 is 2.67 bits per heavy atom. The van der Waals surface area contributed by atoms with Gasteiger partial charge in [0.25, 0.3) is 0 Å². The molecule has 0 amide bonds. The number of hydrogen-bond donors (Lipinski definition) is 0. The molecule has 0 radical (unpaired) electrons. The maximum absolute atomic E-state index is 5.36. The maximum Gasteiger partial charge on any atom is 0.0594 e. The average molecular weight is 248 g/mol. The third-order valence-electron chi connectivity index (χ3n) is 3.60. The Balaban J connectivity index is 1.74. The van der Waals surface area contributed by atoms with Crippen molar-refractivity contribution in [2.24, 2.45) is 0 Å². The summed E-state index contributed by atoms with van der Waals surface area (Å²) in [7, 11) is 2.20. The largest absolute Gasteiger partial charge is 0.379 e. The van der Waals surface area contributed by atoms with Crippen LogP contribution in [0.3, 0.4) is 0 Å². The lowest BCUT2D eigenvalue weighted by molar-refractivity contribution is 0.0342. The molecule has 0 aliphatic carbocycles. The van der Waals surface area contributed by atoms with Crippen molar-refractivity contribution in [2.75, 3.05) is 46.4 Å². The van der Waals surface area contributed by atoms with Gasteiger partial charge in [-0.15, -0.1) is 0 Å². The monoisotopic (exact) mass is 248 g/mol. The molecule has 0 aromatic heterocycles. The van der Waals surface area contributed by atoms with E-state index in [1.165, 1.54) is 11.1 Å². The highest BCUT2D eigenvalue weighted by atomic mass is 16.5. The Hall–Kier alpha value is -0.900. The van der Waals surface area contributed by atoms with Gasteiger partial charge < -0.3 is 9.64 Å². The van der Waals surface area contributed by atoms with E-state index in [-0.39, 0.29) is 0 Å². The molecule has 1 aromatic carbocycles. The van der Waals surface area contributed by atoms with Gasteiger partial charge in [-0.3, -0.25) is 4.90 Å². The van der Waals surface area contributed by atoms with Gasteiger partial charge in [0, 0.05) is 32.7 Å². The van der Waals surface area contributed by atoms with E-state index in [0.29, 0.717) is 0 Å². The van der Waals surface area contributed by atoms with E-state index in [4.69, 9.17) is 4.74 Å². The van der Waals surface area contributed by atoms with E-state index in [2.05, 4.69) is 48.0 Å². The van der Waals surface area contributed by atoms with Crippen LogP contribution in [0, 0.1) is 6.92 Å². The lowest BCUT2D eigenvalue weighted by Gasteiger charge is -2.28. The van der Waals surface area contributed by atoms with Crippen molar-refractivity contribution in [3.63, 3.8) is 0 Å². The van der Waals surface area contributed by atoms with Crippen molar-refractivity contribution in [2.45, 2.75) is 13.5 Å². The van der Waals surface area contributed by atoms with E-state index >= 15 is 0 Å². The number of rotatable bonds is 5. The lowest BCUT2D eigenvalue weighted by atomic mass is 10.1. The van der Waals surface area contributed by atoms with Crippen LogP contribution in [0.15, 0.2) is 24.3 Å². The van der Waals surface area contributed by atoms with Crippen molar-refractivity contribution in [3.05, 3.63) is 35.4 Å². The molecule has 0 unspecified atom stereocenters. The first-order valence-electron chi connectivity index (χ1n) is 6.79. The topological polar surface area (TPSA) is 15.7 Å². The minimum atomic E-state index is 0.890. The molecule has 1 fully saturated rings. The van der Waals surface area contributed by atoms with Gasteiger partial charge in [0.05, 0.1) is 13.2 Å². The SMILES string of the molecule is Cc1ccccc1CN(C)CCN1CCOCC1. The molecule has 100 valence electrons. The second-order valence-electron chi connectivity index (χ2n) is 5.12. The fraction of sp³-hybridized carbons (Fsp3) is 0.600. The van der Waals surface area contributed by atoms with Crippen molar-refractivity contribution >= 4 is 0 Å². The first-order valence-corrected chi connectivity index (χ1v) is 6.79. The van der Waals surface area contributed by atoms with Gasteiger partial charge in [-0.1, -0.05) is 24.3 Å². The molecular weight excluding hydrogens is 224 g/mol. The second kappa shape index (κ2) is 6.88. The van der Waals surface area contributed by atoms with Gasteiger partial charge in [0.15, 0.2) is 0 Å². The van der Waals surface area contributed by atoms with Crippen LogP contribution in [0.25, 0.3) is 0 Å². The van der Waals surface area contributed by atoms with Crippen LogP contribution in [0.5, 0.6) is 0 Å². The highest BCUT2D eigenvalue weighted by molar-refractivity contribution is 5.25. The number of hydrogen-bond acceptors (Lipinski definition) is 3. The van der Waals surface area contributed by atoms with Crippen LogP contribution < -0.4 is 0 Å². The molecule has 1 aliphatic rings. The van der Waals surface area contributed by atoms with E-state index in [9.17, 15) is 0 Å². The summed E-state index contributed by atoms with van der Waals surface area (Å²) in [5.41, 5.74) is 2.82. The van der Waals surface area contributed by atoms with E-state index < -0.39 is 0 Å². The molecular formula is C15H24N2O. The number of morpholine rings is 1. The molecule has 0 N–H and O–H groups in total. The van der Waals surface area contributed by atoms with Gasteiger partial charge in [0.1, 0.15) is 0 Å². The second-order valence-corrected chi connectivity index (χ2v) is 5.12. The summed E-state index contributed by atoms with van der Waals surface area (Å²) >= 11 is 0. The minimum absolute atomic E-state index is 0.890. The van der Waals surface area contributed by atoms with Crippen LogP contribution in [0.1, 0.15) is 11.1 Å². The molecule has 2 rings (SSSR count). The van der Waals surface area contributed by atoms with Gasteiger partial charge in [-0.2, -0.15) is 0 Å². The van der Waals surface area contributed by atoms with Crippen molar-refractivity contribution in [1.82, 2.24) is 9.80 Å². The van der Waals surface area contributed by atoms with Crippen LogP contribution in [-0.2, 0) is 11.3 Å². The standard InChI is InChI=1S/C15H24N2O/c1-14-5-3-4-6-15(14)13-16(2)7-8-17-9-11-18-12-10-17/h3-6H,7-13H2,1-2H3. The molecule has 3 heteroatoms. The number of benzene rings is 1. The third kappa shape index (κ3) is 4.09. The fourth-order valence-corrected chi connectivity index (χ4v) is 2.29. The molecule has 0 bridgehead atoms. The lowest BCUT2D eigenvalue weighted by Crippen LogP contribution is -2.40. The number of ether oxygens (including phenoxy) is 1. The Kier molecular flexibility index (Phi) is 5.17.